The number of nitrogens with one attached hydrogen (secondary N) is 1. The molecule has 0 aliphatic heterocycles. The van der Waals surface area contributed by atoms with E-state index < -0.39 is 0 Å². The summed E-state index contributed by atoms with van der Waals surface area (Å²) in [7, 11) is 1.85. The van der Waals surface area contributed by atoms with E-state index in [2.05, 4.69) is 33.0 Å². The third kappa shape index (κ3) is 6.21. The topological polar surface area (TPSA) is 64.9 Å². The first-order valence-corrected chi connectivity index (χ1v) is 8.05. The third-order valence-electron chi connectivity index (χ3n) is 2.87. The second-order valence-electron chi connectivity index (χ2n) is 4.54. The predicted octanol–water partition coefficient (Wildman–Crippen LogP) is -1.12. The van der Waals surface area contributed by atoms with E-state index in [4.69, 9.17) is 4.74 Å². The van der Waals surface area contributed by atoms with Crippen LogP contribution in [0.4, 0.5) is 0 Å². The predicted molar refractivity (Wildman–Crippen MR) is 83.5 cm³/mol. The number of hydrogen-bond donors (Lipinski definition) is 1. The van der Waals surface area contributed by atoms with Crippen LogP contribution < -0.4 is 22.5 Å². The summed E-state index contributed by atoms with van der Waals surface area (Å²) < 4.78 is 7.11. The maximum Gasteiger partial charge on any atom is 0.209 e. The lowest BCUT2D eigenvalue weighted by Gasteiger charge is -2.06. The molecule has 1 heterocycles. The Kier molecular flexibility index (Phi) is 8.88. The normalized spacial score (nSPS) is 10.3. The van der Waals surface area contributed by atoms with Crippen LogP contribution in [-0.2, 0) is 13.6 Å². The molecule has 0 fully saturated rings. The average molecular weight is 343 g/mol. The van der Waals surface area contributed by atoms with E-state index in [1.807, 2.05) is 26.1 Å². The number of aryl methyl sites for hydroxylation is 1. The Morgan fingerprint density at radius 2 is 2.05 bits per heavy atom. The molecule has 2 rings (SSSR count). The second kappa shape index (κ2) is 10.4. The van der Waals surface area contributed by atoms with Gasteiger partial charge in [-0.3, -0.25) is 0 Å². The Morgan fingerprint density at radius 3 is 2.68 bits per heavy atom. The number of rotatable bonds is 9. The van der Waals surface area contributed by atoms with Gasteiger partial charge in [0, 0.05) is 19.3 Å². The summed E-state index contributed by atoms with van der Waals surface area (Å²) in [5.41, 5.74) is 1.27. The van der Waals surface area contributed by atoms with Gasteiger partial charge in [-0.1, -0.05) is 23.9 Å². The van der Waals surface area contributed by atoms with Gasteiger partial charge in [0.05, 0.1) is 6.61 Å². The van der Waals surface area contributed by atoms with E-state index in [1.165, 1.54) is 5.56 Å². The highest BCUT2D eigenvalue weighted by atomic mass is 35.5. The van der Waals surface area contributed by atoms with Crippen LogP contribution in [0.3, 0.4) is 0 Å². The molecule has 0 saturated carbocycles. The lowest BCUT2D eigenvalue weighted by molar-refractivity contribution is -0.00000515. The molecule has 22 heavy (non-hydrogen) atoms. The quantitative estimate of drug-likeness (QED) is 0.460. The number of nitrogens with zero attached hydrogens (tertiary/aromatic N) is 4. The van der Waals surface area contributed by atoms with Crippen molar-refractivity contribution in [1.29, 1.82) is 0 Å². The molecule has 0 aliphatic carbocycles. The Labute approximate surface area is 141 Å². The molecule has 6 nitrogen and oxygen atoms in total. The second-order valence-corrected chi connectivity index (χ2v) is 5.60. The van der Waals surface area contributed by atoms with Gasteiger partial charge in [-0.05, 0) is 48.0 Å². The number of benzene rings is 1. The number of thioether (sulfide) groups is 1. The number of hydrogen-bond acceptors (Lipinski definition) is 6. The molecule has 2 aromatic rings. The molecule has 0 bridgehead atoms. The Hall–Kier alpha value is -1.31. The first-order valence-electron chi connectivity index (χ1n) is 7.07. The van der Waals surface area contributed by atoms with E-state index in [0.29, 0.717) is 6.61 Å². The van der Waals surface area contributed by atoms with Crippen LogP contribution in [0.5, 0.6) is 5.75 Å². The minimum atomic E-state index is 0. The van der Waals surface area contributed by atoms with Crippen LogP contribution in [0.15, 0.2) is 29.4 Å². The van der Waals surface area contributed by atoms with Crippen LogP contribution in [0, 0.1) is 0 Å². The SMILES string of the molecule is CCOc1ccc(CNCCCSc2nnnn2C)cc1.[Cl-]. The number of ether oxygens (including phenoxy) is 1. The first kappa shape index (κ1) is 18.7. The highest BCUT2D eigenvalue weighted by Gasteiger charge is 2.01. The highest BCUT2D eigenvalue weighted by molar-refractivity contribution is 7.99. The summed E-state index contributed by atoms with van der Waals surface area (Å²) in [5.74, 6) is 1.93. The number of aromatic nitrogens is 4. The van der Waals surface area contributed by atoms with Gasteiger partial charge in [0.1, 0.15) is 5.75 Å². The summed E-state index contributed by atoms with van der Waals surface area (Å²) >= 11 is 1.68. The van der Waals surface area contributed by atoms with Gasteiger partial charge < -0.3 is 22.5 Å². The molecule has 0 radical (unpaired) electrons. The van der Waals surface area contributed by atoms with Crippen LogP contribution in [0.25, 0.3) is 0 Å². The zero-order valence-electron chi connectivity index (χ0n) is 12.8. The van der Waals surface area contributed by atoms with Crippen molar-refractivity contribution in [3.05, 3.63) is 29.8 Å². The van der Waals surface area contributed by atoms with Crippen molar-refractivity contribution in [3.8, 4) is 5.75 Å². The van der Waals surface area contributed by atoms with Crippen molar-refractivity contribution >= 4 is 11.8 Å². The molecule has 0 saturated heterocycles. The number of halogens is 1. The maximum absolute atomic E-state index is 5.42. The summed E-state index contributed by atoms with van der Waals surface area (Å²) in [6.45, 7) is 4.55. The molecule has 0 amide bonds. The van der Waals surface area contributed by atoms with Crippen molar-refractivity contribution in [1.82, 2.24) is 25.5 Å². The Bertz CT molecular complexity index is 534. The fourth-order valence-corrected chi connectivity index (χ4v) is 2.60. The summed E-state index contributed by atoms with van der Waals surface area (Å²) in [5, 5.41) is 15.6. The monoisotopic (exact) mass is 342 g/mol. The Morgan fingerprint density at radius 1 is 1.27 bits per heavy atom. The van der Waals surface area contributed by atoms with E-state index in [1.54, 1.807) is 16.4 Å². The van der Waals surface area contributed by atoms with E-state index in [-0.39, 0.29) is 12.4 Å². The van der Waals surface area contributed by atoms with Crippen LogP contribution in [-0.4, -0.2) is 39.1 Å². The molecule has 122 valence electrons. The zero-order valence-corrected chi connectivity index (χ0v) is 14.4. The van der Waals surface area contributed by atoms with Gasteiger partial charge in [0.15, 0.2) is 0 Å². The molecular formula is C14H21ClN5OS-. The maximum atomic E-state index is 5.42. The molecule has 0 spiro atoms. The van der Waals surface area contributed by atoms with Gasteiger partial charge in [-0.15, -0.1) is 5.10 Å². The van der Waals surface area contributed by atoms with E-state index in [9.17, 15) is 0 Å². The molecule has 0 aliphatic rings. The standard InChI is InChI=1S/C14H21N5OS.ClH/c1-3-20-13-7-5-12(6-8-13)11-15-9-4-10-21-14-16-17-18-19(14)2;/h5-8,15H,3-4,9-11H2,1-2H3;1H/p-1. The summed E-state index contributed by atoms with van der Waals surface area (Å²) in [6.07, 6.45) is 1.08. The molecule has 1 N–H and O–H groups in total. The third-order valence-corrected chi connectivity index (χ3v) is 3.97. The van der Waals surface area contributed by atoms with Gasteiger partial charge in [-0.2, -0.15) is 0 Å². The van der Waals surface area contributed by atoms with Crippen LogP contribution >= 0.6 is 11.8 Å². The summed E-state index contributed by atoms with van der Waals surface area (Å²) in [6, 6.07) is 8.21. The summed E-state index contributed by atoms with van der Waals surface area (Å²) in [4.78, 5) is 0. The number of tetrazole rings is 1. The van der Waals surface area contributed by atoms with Gasteiger partial charge in [0.25, 0.3) is 0 Å². The lowest BCUT2D eigenvalue weighted by atomic mass is 10.2. The smallest absolute Gasteiger partial charge is 0.209 e. The van der Waals surface area contributed by atoms with Gasteiger partial charge in [-0.25, -0.2) is 4.68 Å². The van der Waals surface area contributed by atoms with E-state index >= 15 is 0 Å². The van der Waals surface area contributed by atoms with Crippen LogP contribution in [0.2, 0.25) is 0 Å². The average Bonchev–Trinajstić information content (AvgIpc) is 2.90. The van der Waals surface area contributed by atoms with E-state index in [0.717, 1.165) is 36.2 Å². The molecule has 0 unspecified atom stereocenters. The van der Waals surface area contributed by atoms with Crippen LogP contribution in [0.1, 0.15) is 18.9 Å². The fraction of sp³-hybridized carbons (Fsp3) is 0.500. The molecular weight excluding hydrogens is 322 g/mol. The lowest BCUT2D eigenvalue weighted by Crippen LogP contribution is -3.00. The minimum absolute atomic E-state index is 0. The van der Waals surface area contributed by atoms with Gasteiger partial charge >= 0.3 is 0 Å². The van der Waals surface area contributed by atoms with Crippen molar-refractivity contribution in [2.45, 2.75) is 25.0 Å². The molecule has 1 aromatic carbocycles. The van der Waals surface area contributed by atoms with Gasteiger partial charge in [0.2, 0.25) is 5.16 Å². The molecule has 1 aromatic heterocycles. The highest BCUT2D eigenvalue weighted by Crippen LogP contribution is 2.13. The first-order chi connectivity index (χ1) is 10.3. The van der Waals surface area contributed by atoms with Crippen molar-refractivity contribution in [2.24, 2.45) is 7.05 Å². The zero-order chi connectivity index (χ0) is 14.9. The Balaban J connectivity index is 0.00000242. The molecule has 8 heteroatoms. The molecule has 0 atom stereocenters. The van der Waals surface area contributed by atoms with Crippen molar-refractivity contribution < 1.29 is 17.1 Å². The van der Waals surface area contributed by atoms with Crippen molar-refractivity contribution in [2.75, 3.05) is 18.9 Å². The largest absolute Gasteiger partial charge is 1.00 e. The minimum Gasteiger partial charge on any atom is -1.00 e. The fourth-order valence-electron chi connectivity index (χ4n) is 1.81. The van der Waals surface area contributed by atoms with Crippen molar-refractivity contribution in [3.63, 3.8) is 0 Å².